The third kappa shape index (κ3) is 4.87. The predicted molar refractivity (Wildman–Crippen MR) is 121 cm³/mol. The lowest BCUT2D eigenvalue weighted by Crippen LogP contribution is -2.48. The number of sulfonamides is 1. The number of hydrogen-bond acceptors (Lipinski definition) is 4. The van der Waals surface area contributed by atoms with Gasteiger partial charge in [0.25, 0.3) is 0 Å². The minimum atomic E-state index is -3.53. The Morgan fingerprint density at radius 3 is 2.16 bits per heavy atom. The van der Waals surface area contributed by atoms with E-state index in [9.17, 15) is 17.6 Å². The van der Waals surface area contributed by atoms with Gasteiger partial charge in [0.15, 0.2) is 0 Å². The molecule has 0 radical (unpaired) electrons. The first-order chi connectivity index (χ1) is 15.2. The van der Waals surface area contributed by atoms with Gasteiger partial charge in [-0.25, -0.2) is 12.8 Å². The van der Waals surface area contributed by atoms with Crippen LogP contribution in [0.15, 0.2) is 53.4 Å². The van der Waals surface area contributed by atoms with Crippen molar-refractivity contribution in [2.24, 2.45) is 0 Å². The Kier molecular flexibility index (Phi) is 7.69. The third-order valence-electron chi connectivity index (χ3n) is 6.25. The summed E-state index contributed by atoms with van der Waals surface area (Å²) in [6.07, 6.45) is 1.02. The van der Waals surface area contributed by atoms with Crippen molar-refractivity contribution in [3.8, 4) is 0 Å². The van der Waals surface area contributed by atoms with Crippen LogP contribution in [0.3, 0.4) is 0 Å². The number of carbonyl (C=O) groups excluding carboxylic acids is 1. The van der Waals surface area contributed by atoms with Gasteiger partial charge in [-0.05, 0) is 55.2 Å². The van der Waals surface area contributed by atoms with Gasteiger partial charge in [0.1, 0.15) is 5.82 Å². The molecule has 1 unspecified atom stereocenters. The van der Waals surface area contributed by atoms with Gasteiger partial charge >= 0.3 is 0 Å². The van der Waals surface area contributed by atoms with Crippen LogP contribution in [-0.2, 0) is 25.0 Å². The minimum Gasteiger partial charge on any atom is -0.381 e. The van der Waals surface area contributed by atoms with Crippen molar-refractivity contribution in [3.05, 3.63) is 65.5 Å². The zero-order chi connectivity index (χ0) is 23.4. The molecule has 1 fully saturated rings. The van der Waals surface area contributed by atoms with E-state index in [1.807, 2.05) is 6.92 Å². The maximum Gasteiger partial charge on any atom is 0.243 e. The molecule has 1 aliphatic rings. The van der Waals surface area contributed by atoms with Crippen LogP contribution < -0.4 is 5.32 Å². The molecule has 1 N–H and O–H groups in total. The van der Waals surface area contributed by atoms with E-state index < -0.39 is 15.4 Å². The van der Waals surface area contributed by atoms with Crippen molar-refractivity contribution >= 4 is 15.9 Å². The molecule has 32 heavy (non-hydrogen) atoms. The first-order valence-corrected chi connectivity index (χ1v) is 12.4. The van der Waals surface area contributed by atoms with Crippen LogP contribution in [0.1, 0.15) is 50.8 Å². The van der Waals surface area contributed by atoms with Crippen molar-refractivity contribution < 1.29 is 22.3 Å². The summed E-state index contributed by atoms with van der Waals surface area (Å²) in [7, 11) is -3.53. The Morgan fingerprint density at radius 2 is 1.62 bits per heavy atom. The fraction of sp³-hybridized carbons (Fsp3) is 0.458. The van der Waals surface area contributed by atoms with Crippen molar-refractivity contribution in [2.75, 3.05) is 26.3 Å². The normalized spacial score (nSPS) is 17.2. The fourth-order valence-corrected chi connectivity index (χ4v) is 5.65. The minimum absolute atomic E-state index is 0.139. The van der Waals surface area contributed by atoms with Crippen LogP contribution in [0, 0.1) is 5.82 Å². The summed E-state index contributed by atoms with van der Waals surface area (Å²) in [5.74, 6) is -0.482. The highest BCUT2D eigenvalue weighted by molar-refractivity contribution is 7.89. The molecule has 1 atom stereocenters. The first kappa shape index (κ1) is 24.4. The molecule has 6 nitrogen and oxygen atoms in total. The number of halogens is 1. The number of rotatable bonds is 8. The van der Waals surface area contributed by atoms with Gasteiger partial charge in [-0.3, -0.25) is 4.79 Å². The molecule has 1 heterocycles. The largest absolute Gasteiger partial charge is 0.381 e. The summed E-state index contributed by atoms with van der Waals surface area (Å²) in [5, 5.41) is 3.08. The SMILES string of the molecule is CCN(CC)S(=O)(=O)c1ccc(C(C)NC(=O)C2(c3ccc(F)cc3)CCOCC2)cc1. The van der Waals surface area contributed by atoms with Crippen LogP contribution in [0.25, 0.3) is 0 Å². The molecular formula is C24H31FN2O4S. The summed E-state index contributed by atoms with van der Waals surface area (Å²) >= 11 is 0. The second-order valence-corrected chi connectivity index (χ2v) is 9.99. The first-order valence-electron chi connectivity index (χ1n) is 11.0. The standard InChI is InChI=1S/C24H31FN2O4S/c1-4-27(5-2)32(29,30)22-12-6-19(7-13-22)18(3)26-23(28)24(14-16-31-17-15-24)20-8-10-21(25)11-9-20/h6-13,18H,4-5,14-17H2,1-3H3,(H,26,28). The predicted octanol–water partition coefficient (Wildman–Crippen LogP) is 3.78. The number of nitrogens with zero attached hydrogens (tertiary/aromatic N) is 1. The van der Waals surface area contributed by atoms with Gasteiger partial charge in [-0.15, -0.1) is 0 Å². The van der Waals surface area contributed by atoms with Gasteiger partial charge in [-0.2, -0.15) is 4.31 Å². The third-order valence-corrected chi connectivity index (χ3v) is 8.31. The molecule has 8 heteroatoms. The zero-order valence-electron chi connectivity index (χ0n) is 18.8. The second kappa shape index (κ2) is 10.1. The molecule has 0 aliphatic carbocycles. The lowest BCUT2D eigenvalue weighted by molar-refractivity contribution is -0.131. The molecule has 2 aromatic rings. The van der Waals surface area contributed by atoms with Crippen LogP contribution in [0.5, 0.6) is 0 Å². The molecule has 1 aliphatic heterocycles. The Morgan fingerprint density at radius 1 is 1.06 bits per heavy atom. The van der Waals surface area contributed by atoms with Crippen molar-refractivity contribution in [1.82, 2.24) is 9.62 Å². The van der Waals surface area contributed by atoms with E-state index in [4.69, 9.17) is 4.74 Å². The topological polar surface area (TPSA) is 75.7 Å². The number of ether oxygens (including phenoxy) is 1. The maximum atomic E-state index is 13.5. The molecule has 3 rings (SSSR count). The summed E-state index contributed by atoms with van der Waals surface area (Å²) in [5.41, 5.74) is 0.789. The van der Waals surface area contributed by atoms with Crippen LogP contribution in [-0.4, -0.2) is 44.9 Å². The van der Waals surface area contributed by atoms with Gasteiger partial charge in [0, 0.05) is 26.3 Å². The maximum absolute atomic E-state index is 13.5. The highest BCUT2D eigenvalue weighted by Gasteiger charge is 2.42. The molecule has 2 aromatic carbocycles. The van der Waals surface area contributed by atoms with Gasteiger partial charge < -0.3 is 10.1 Å². The lowest BCUT2D eigenvalue weighted by Gasteiger charge is -2.37. The number of carbonyl (C=O) groups is 1. The molecular weight excluding hydrogens is 431 g/mol. The van der Waals surface area contributed by atoms with E-state index in [1.54, 1.807) is 50.2 Å². The fourth-order valence-electron chi connectivity index (χ4n) is 4.19. The van der Waals surface area contributed by atoms with E-state index in [1.165, 1.54) is 16.4 Å². The Labute approximate surface area is 189 Å². The summed E-state index contributed by atoms with van der Waals surface area (Å²) in [6, 6.07) is 12.4. The average Bonchev–Trinajstić information content (AvgIpc) is 2.80. The molecule has 1 amide bonds. The summed E-state index contributed by atoms with van der Waals surface area (Å²) in [6.45, 7) is 7.20. The number of hydrogen-bond donors (Lipinski definition) is 1. The van der Waals surface area contributed by atoms with Crippen molar-refractivity contribution in [2.45, 2.75) is 50.0 Å². The van der Waals surface area contributed by atoms with E-state index in [-0.39, 0.29) is 22.7 Å². The highest BCUT2D eigenvalue weighted by Crippen LogP contribution is 2.36. The Hall–Kier alpha value is -2.29. The van der Waals surface area contributed by atoms with E-state index in [2.05, 4.69) is 5.32 Å². The Balaban J connectivity index is 1.80. The van der Waals surface area contributed by atoms with Crippen molar-refractivity contribution in [1.29, 1.82) is 0 Å². The van der Waals surface area contributed by atoms with E-state index in [0.717, 1.165) is 11.1 Å². The summed E-state index contributed by atoms with van der Waals surface area (Å²) < 4.78 is 45.7. The quantitative estimate of drug-likeness (QED) is 0.648. The number of amides is 1. The number of nitrogens with one attached hydrogen (secondary N) is 1. The smallest absolute Gasteiger partial charge is 0.243 e. The average molecular weight is 463 g/mol. The summed E-state index contributed by atoms with van der Waals surface area (Å²) in [4.78, 5) is 13.7. The lowest BCUT2D eigenvalue weighted by atomic mass is 9.73. The van der Waals surface area contributed by atoms with Gasteiger partial charge in [-0.1, -0.05) is 38.1 Å². The van der Waals surface area contributed by atoms with Crippen molar-refractivity contribution in [3.63, 3.8) is 0 Å². The monoisotopic (exact) mass is 462 g/mol. The van der Waals surface area contributed by atoms with Crippen LogP contribution in [0.4, 0.5) is 4.39 Å². The molecule has 174 valence electrons. The molecule has 0 saturated carbocycles. The Bertz CT molecular complexity index is 1010. The van der Waals surface area contributed by atoms with Gasteiger partial charge in [0.2, 0.25) is 15.9 Å². The van der Waals surface area contributed by atoms with E-state index >= 15 is 0 Å². The second-order valence-electron chi connectivity index (χ2n) is 8.05. The number of benzene rings is 2. The highest BCUT2D eigenvalue weighted by atomic mass is 32.2. The van der Waals surface area contributed by atoms with E-state index in [0.29, 0.717) is 39.1 Å². The van der Waals surface area contributed by atoms with Crippen LogP contribution in [0.2, 0.25) is 0 Å². The molecule has 0 spiro atoms. The van der Waals surface area contributed by atoms with Crippen LogP contribution >= 0.6 is 0 Å². The van der Waals surface area contributed by atoms with Gasteiger partial charge in [0.05, 0.1) is 16.4 Å². The molecule has 0 aromatic heterocycles. The molecule has 0 bridgehead atoms. The zero-order valence-corrected chi connectivity index (χ0v) is 19.6. The molecule has 1 saturated heterocycles.